The van der Waals surface area contributed by atoms with Crippen LogP contribution in [0.4, 0.5) is 34.1 Å². The highest BCUT2D eigenvalue weighted by atomic mass is 35.5. The number of anilines is 6. The molecular formula is C50H35ClN2O. The Labute approximate surface area is 320 Å². The number of para-hydroxylation sites is 2. The summed E-state index contributed by atoms with van der Waals surface area (Å²) in [7, 11) is 1.77. The molecule has 0 heterocycles. The van der Waals surface area contributed by atoms with Crippen LogP contribution in [-0.2, 0) is 5.41 Å². The van der Waals surface area contributed by atoms with Gasteiger partial charge in [0.1, 0.15) is 5.75 Å². The highest BCUT2D eigenvalue weighted by Crippen LogP contribution is 2.65. The maximum atomic E-state index is 6.59. The van der Waals surface area contributed by atoms with Crippen molar-refractivity contribution in [1.82, 2.24) is 0 Å². The molecule has 3 nitrogen and oxygen atoms in total. The second-order valence-electron chi connectivity index (χ2n) is 13.8. The smallest absolute Gasteiger partial charge is 0.127 e. The Hall–Kier alpha value is -6.55. The summed E-state index contributed by atoms with van der Waals surface area (Å²) < 4.78 is 6.05. The zero-order valence-corrected chi connectivity index (χ0v) is 30.4. The highest BCUT2D eigenvalue weighted by molar-refractivity contribution is 6.30. The van der Waals surface area contributed by atoms with Gasteiger partial charge in [-0.15, -0.1) is 0 Å². The lowest BCUT2D eigenvalue weighted by Gasteiger charge is -2.32. The summed E-state index contributed by atoms with van der Waals surface area (Å²) in [5.41, 5.74) is 15.7. The topological polar surface area (TPSA) is 15.7 Å². The average molecular weight is 715 g/mol. The fraction of sp³-hybridized carbons (Fsp3) is 0.0400. The SMILES string of the molecule is COc1cccc2c1-c1ccccc1C21c2ccccc2-c2c(N(c3ccccc3)c3cccc(N(c4ccccc4)c4cccc(Cl)c4)c3)cccc21. The van der Waals surface area contributed by atoms with Crippen molar-refractivity contribution in [2.24, 2.45) is 0 Å². The van der Waals surface area contributed by atoms with E-state index in [1.807, 2.05) is 24.3 Å². The van der Waals surface area contributed by atoms with Crippen molar-refractivity contribution in [2.45, 2.75) is 5.41 Å². The van der Waals surface area contributed by atoms with Crippen LogP contribution in [0.15, 0.2) is 194 Å². The molecular weight excluding hydrogens is 680 g/mol. The van der Waals surface area contributed by atoms with Crippen molar-refractivity contribution in [3.8, 4) is 28.0 Å². The van der Waals surface area contributed by atoms with Gasteiger partial charge >= 0.3 is 0 Å². The van der Waals surface area contributed by atoms with Crippen LogP contribution >= 0.6 is 11.6 Å². The molecule has 2 aliphatic carbocycles. The van der Waals surface area contributed by atoms with E-state index in [2.05, 4.69) is 180 Å². The minimum absolute atomic E-state index is 0.511. The number of ether oxygens (including phenoxy) is 1. The minimum Gasteiger partial charge on any atom is -0.496 e. The summed E-state index contributed by atoms with van der Waals surface area (Å²) in [6.45, 7) is 0. The predicted molar refractivity (Wildman–Crippen MR) is 224 cm³/mol. The number of methoxy groups -OCH3 is 1. The van der Waals surface area contributed by atoms with E-state index in [1.54, 1.807) is 7.11 Å². The molecule has 258 valence electrons. The second kappa shape index (κ2) is 12.8. The first kappa shape index (κ1) is 32.1. The molecule has 0 bridgehead atoms. The van der Waals surface area contributed by atoms with Crippen LogP contribution < -0.4 is 14.5 Å². The van der Waals surface area contributed by atoms with Crippen molar-refractivity contribution in [3.05, 3.63) is 221 Å². The van der Waals surface area contributed by atoms with Crippen LogP contribution in [0.5, 0.6) is 5.75 Å². The number of nitrogens with zero attached hydrogens (tertiary/aromatic N) is 2. The van der Waals surface area contributed by atoms with Crippen LogP contribution in [0.2, 0.25) is 5.02 Å². The lowest BCUT2D eigenvalue weighted by molar-refractivity contribution is 0.416. The maximum absolute atomic E-state index is 6.59. The molecule has 1 unspecified atom stereocenters. The van der Waals surface area contributed by atoms with Crippen LogP contribution in [0, 0.1) is 0 Å². The molecule has 8 aromatic rings. The standard InChI is InChI=1S/C50H35ClN2O/c1-54-47-31-15-29-45-49(47)41-25-9-11-27-43(41)50(45)42-26-10-8-24-40(42)48-44(50)28-14-30-46(48)53(36-19-6-3-7-20-36)39-23-13-22-38(33-39)52(35-17-4-2-5-18-35)37-21-12-16-34(51)32-37/h2-33H,1H3. The van der Waals surface area contributed by atoms with Gasteiger partial charge in [-0.25, -0.2) is 0 Å². The van der Waals surface area contributed by atoms with Gasteiger partial charge in [-0.3, -0.25) is 0 Å². The number of fused-ring (bicyclic) bond motifs is 10. The number of benzene rings is 8. The Bertz CT molecular complexity index is 2690. The molecule has 10 rings (SSSR count). The van der Waals surface area contributed by atoms with Gasteiger partial charge in [-0.05, 0) is 106 Å². The molecule has 0 N–H and O–H groups in total. The van der Waals surface area contributed by atoms with Gasteiger partial charge < -0.3 is 14.5 Å². The van der Waals surface area contributed by atoms with Crippen molar-refractivity contribution in [3.63, 3.8) is 0 Å². The second-order valence-corrected chi connectivity index (χ2v) is 14.2. The zero-order chi connectivity index (χ0) is 36.2. The Kier molecular flexibility index (Phi) is 7.64. The van der Waals surface area contributed by atoms with Crippen LogP contribution in [0.25, 0.3) is 22.3 Å². The summed E-state index contributed by atoms with van der Waals surface area (Å²) in [5, 5.41) is 0.690. The lowest BCUT2D eigenvalue weighted by atomic mass is 9.70. The minimum atomic E-state index is -0.511. The summed E-state index contributed by atoms with van der Waals surface area (Å²) >= 11 is 6.59. The van der Waals surface area contributed by atoms with Gasteiger partial charge in [0, 0.05) is 44.6 Å². The van der Waals surface area contributed by atoms with E-state index < -0.39 is 5.41 Å². The molecule has 0 radical (unpaired) electrons. The molecule has 0 amide bonds. The Morgan fingerprint density at radius 2 is 0.870 bits per heavy atom. The molecule has 4 heteroatoms. The number of rotatable bonds is 7. The van der Waals surface area contributed by atoms with Gasteiger partial charge in [0.15, 0.2) is 0 Å². The van der Waals surface area contributed by atoms with E-state index in [0.29, 0.717) is 5.02 Å². The molecule has 0 saturated heterocycles. The fourth-order valence-electron chi connectivity index (χ4n) is 8.96. The lowest BCUT2D eigenvalue weighted by Crippen LogP contribution is -2.26. The van der Waals surface area contributed by atoms with E-state index in [-0.39, 0.29) is 0 Å². The molecule has 2 aliphatic rings. The first-order chi connectivity index (χ1) is 26.7. The molecule has 54 heavy (non-hydrogen) atoms. The van der Waals surface area contributed by atoms with E-state index in [0.717, 1.165) is 39.9 Å². The third-order valence-corrected chi connectivity index (χ3v) is 11.2. The molecule has 0 saturated carbocycles. The molecule has 8 aromatic carbocycles. The molecule has 0 fully saturated rings. The summed E-state index contributed by atoms with van der Waals surface area (Å²) in [6.07, 6.45) is 0. The van der Waals surface area contributed by atoms with Crippen LogP contribution in [0.1, 0.15) is 22.3 Å². The average Bonchev–Trinajstić information content (AvgIpc) is 3.70. The number of hydrogen-bond acceptors (Lipinski definition) is 3. The van der Waals surface area contributed by atoms with Gasteiger partial charge in [0.05, 0.1) is 18.2 Å². The van der Waals surface area contributed by atoms with Gasteiger partial charge in [-0.2, -0.15) is 0 Å². The Morgan fingerprint density at radius 3 is 1.52 bits per heavy atom. The van der Waals surface area contributed by atoms with E-state index in [4.69, 9.17) is 16.3 Å². The molecule has 1 atom stereocenters. The Morgan fingerprint density at radius 1 is 0.407 bits per heavy atom. The van der Waals surface area contributed by atoms with Crippen molar-refractivity contribution >= 4 is 45.7 Å². The maximum Gasteiger partial charge on any atom is 0.127 e. The zero-order valence-electron chi connectivity index (χ0n) is 29.7. The van der Waals surface area contributed by atoms with E-state index >= 15 is 0 Å². The van der Waals surface area contributed by atoms with Crippen molar-refractivity contribution < 1.29 is 4.74 Å². The third kappa shape index (κ3) is 4.75. The highest BCUT2D eigenvalue weighted by Gasteiger charge is 2.53. The normalized spacial score (nSPS) is 14.6. The van der Waals surface area contributed by atoms with Crippen LogP contribution in [0.3, 0.4) is 0 Å². The monoisotopic (exact) mass is 714 g/mol. The Balaban J connectivity index is 1.24. The molecule has 0 aliphatic heterocycles. The fourth-order valence-corrected chi connectivity index (χ4v) is 9.14. The largest absolute Gasteiger partial charge is 0.496 e. The molecule has 0 aromatic heterocycles. The van der Waals surface area contributed by atoms with Gasteiger partial charge in [0.2, 0.25) is 0 Å². The first-order valence-electron chi connectivity index (χ1n) is 18.2. The van der Waals surface area contributed by atoms with E-state index in [1.165, 1.54) is 44.5 Å². The quantitative estimate of drug-likeness (QED) is 0.163. The summed E-state index contributed by atoms with van der Waals surface area (Å²) in [4.78, 5) is 4.67. The number of hydrogen-bond donors (Lipinski definition) is 0. The third-order valence-electron chi connectivity index (χ3n) is 11.0. The van der Waals surface area contributed by atoms with Crippen molar-refractivity contribution in [1.29, 1.82) is 0 Å². The molecule has 1 spiro atoms. The first-order valence-corrected chi connectivity index (χ1v) is 18.6. The van der Waals surface area contributed by atoms with Crippen LogP contribution in [-0.4, -0.2) is 7.11 Å². The van der Waals surface area contributed by atoms with Gasteiger partial charge in [0.25, 0.3) is 0 Å². The van der Waals surface area contributed by atoms with E-state index in [9.17, 15) is 0 Å². The number of halogens is 1. The predicted octanol–water partition coefficient (Wildman–Crippen LogP) is 13.6. The van der Waals surface area contributed by atoms with Crippen molar-refractivity contribution in [2.75, 3.05) is 16.9 Å². The summed E-state index contributed by atoms with van der Waals surface area (Å²) in [5.74, 6) is 0.893. The summed E-state index contributed by atoms with van der Waals surface area (Å²) in [6, 6.07) is 69.2. The van der Waals surface area contributed by atoms with Gasteiger partial charge in [-0.1, -0.05) is 133 Å².